The highest BCUT2D eigenvalue weighted by Crippen LogP contribution is 2.49. The van der Waals surface area contributed by atoms with Crippen molar-refractivity contribution in [1.82, 2.24) is 4.90 Å². The summed E-state index contributed by atoms with van der Waals surface area (Å²) < 4.78 is 0. The summed E-state index contributed by atoms with van der Waals surface area (Å²) in [4.78, 5) is 14.0. The Morgan fingerprint density at radius 3 is 2.94 bits per heavy atom. The molecule has 0 bridgehead atoms. The van der Waals surface area contributed by atoms with Crippen LogP contribution in [0.3, 0.4) is 0 Å². The fourth-order valence-corrected chi connectivity index (χ4v) is 4.27. The highest BCUT2D eigenvalue weighted by atomic mass is 16.4. The van der Waals surface area contributed by atoms with Crippen LogP contribution in [0.15, 0.2) is 12.2 Å². The van der Waals surface area contributed by atoms with Crippen LogP contribution >= 0.6 is 0 Å². The Labute approximate surface area is 109 Å². The lowest BCUT2D eigenvalue weighted by atomic mass is 9.81. The van der Waals surface area contributed by atoms with Crippen molar-refractivity contribution in [3.8, 4) is 0 Å². The monoisotopic (exact) mass is 249 g/mol. The Balaban J connectivity index is 1.64. The molecule has 1 heterocycles. The first-order valence-corrected chi connectivity index (χ1v) is 7.31. The fraction of sp³-hybridized carbons (Fsp3) is 0.800. The second kappa shape index (κ2) is 4.69. The molecule has 3 atom stereocenters. The van der Waals surface area contributed by atoms with E-state index in [2.05, 4.69) is 17.1 Å². The Bertz CT molecular complexity index is 366. The van der Waals surface area contributed by atoms with Crippen LogP contribution in [0.25, 0.3) is 0 Å². The number of hydrogen-bond acceptors (Lipinski definition) is 2. The fourth-order valence-electron chi connectivity index (χ4n) is 4.27. The van der Waals surface area contributed by atoms with Crippen molar-refractivity contribution in [2.75, 3.05) is 19.6 Å². The number of hydrogen-bond donors (Lipinski definition) is 1. The quantitative estimate of drug-likeness (QED) is 0.781. The van der Waals surface area contributed by atoms with Crippen molar-refractivity contribution >= 4 is 5.97 Å². The summed E-state index contributed by atoms with van der Waals surface area (Å²) in [5.74, 6) is 0.616. The largest absolute Gasteiger partial charge is 0.481 e. The third-order valence-electron chi connectivity index (χ3n) is 5.26. The predicted molar refractivity (Wildman–Crippen MR) is 70.3 cm³/mol. The summed E-state index contributed by atoms with van der Waals surface area (Å²) in [5.41, 5.74) is -0.398. The molecule has 100 valence electrons. The summed E-state index contributed by atoms with van der Waals surface area (Å²) in [7, 11) is 0. The molecule has 18 heavy (non-hydrogen) atoms. The maximum atomic E-state index is 11.6. The first-order chi connectivity index (χ1) is 8.71. The molecule has 3 aliphatic rings. The smallest absolute Gasteiger partial charge is 0.311 e. The van der Waals surface area contributed by atoms with Gasteiger partial charge >= 0.3 is 5.97 Å². The minimum absolute atomic E-state index is 0.398. The van der Waals surface area contributed by atoms with Gasteiger partial charge in [-0.2, -0.15) is 0 Å². The number of carbonyl (C=O) groups is 1. The van der Waals surface area contributed by atoms with E-state index in [0.717, 1.165) is 44.8 Å². The van der Waals surface area contributed by atoms with E-state index in [4.69, 9.17) is 0 Å². The molecule has 3 heteroatoms. The number of rotatable bonds is 3. The van der Waals surface area contributed by atoms with Crippen LogP contribution in [-0.2, 0) is 4.79 Å². The molecular weight excluding hydrogens is 226 g/mol. The van der Waals surface area contributed by atoms with Crippen molar-refractivity contribution in [3.05, 3.63) is 12.2 Å². The zero-order chi connectivity index (χ0) is 12.6. The molecule has 0 spiro atoms. The maximum absolute atomic E-state index is 11.6. The van der Waals surface area contributed by atoms with Gasteiger partial charge in [0.25, 0.3) is 0 Å². The molecule has 1 N–H and O–H groups in total. The summed E-state index contributed by atoms with van der Waals surface area (Å²) >= 11 is 0. The Kier molecular flexibility index (Phi) is 3.18. The zero-order valence-electron chi connectivity index (χ0n) is 11.0. The standard InChI is InChI=1S/C15H23NO2/c17-14(18)15-8-4-7-13(15)10-16(11-15)9-12-5-2-1-3-6-12/h1-2,12-13H,3-11H2,(H,17,18)/t12?,13-,15+/m0/s1. The van der Waals surface area contributed by atoms with E-state index < -0.39 is 11.4 Å². The molecule has 0 aromatic rings. The van der Waals surface area contributed by atoms with Gasteiger partial charge in [0, 0.05) is 19.6 Å². The van der Waals surface area contributed by atoms with Gasteiger partial charge in [0.2, 0.25) is 0 Å². The van der Waals surface area contributed by atoms with E-state index >= 15 is 0 Å². The molecular formula is C15H23NO2. The van der Waals surface area contributed by atoms with Crippen LogP contribution in [0, 0.1) is 17.3 Å². The van der Waals surface area contributed by atoms with E-state index in [0.29, 0.717) is 5.92 Å². The molecule has 1 saturated heterocycles. The van der Waals surface area contributed by atoms with Gasteiger partial charge in [-0.05, 0) is 43.9 Å². The second-order valence-corrected chi connectivity index (χ2v) is 6.40. The van der Waals surface area contributed by atoms with Crippen LogP contribution < -0.4 is 0 Å². The minimum Gasteiger partial charge on any atom is -0.481 e. The number of fused-ring (bicyclic) bond motifs is 1. The van der Waals surface area contributed by atoms with Gasteiger partial charge < -0.3 is 10.0 Å². The summed E-state index contributed by atoms with van der Waals surface area (Å²) in [6, 6.07) is 0. The van der Waals surface area contributed by atoms with Gasteiger partial charge in [0.15, 0.2) is 0 Å². The van der Waals surface area contributed by atoms with Crippen LogP contribution in [0.4, 0.5) is 0 Å². The molecule has 0 aromatic heterocycles. The molecule has 2 fully saturated rings. The van der Waals surface area contributed by atoms with Crippen LogP contribution in [0.2, 0.25) is 0 Å². The molecule has 1 saturated carbocycles. The second-order valence-electron chi connectivity index (χ2n) is 6.40. The lowest BCUT2D eigenvalue weighted by Crippen LogP contribution is -2.36. The van der Waals surface area contributed by atoms with Gasteiger partial charge in [0.05, 0.1) is 5.41 Å². The topological polar surface area (TPSA) is 40.5 Å². The van der Waals surface area contributed by atoms with E-state index in [1.807, 2.05) is 0 Å². The first kappa shape index (κ1) is 12.2. The van der Waals surface area contributed by atoms with Crippen LogP contribution in [0.5, 0.6) is 0 Å². The Hall–Kier alpha value is -0.830. The summed E-state index contributed by atoms with van der Waals surface area (Å²) in [6.45, 7) is 2.93. The van der Waals surface area contributed by atoms with Gasteiger partial charge in [-0.1, -0.05) is 18.6 Å². The van der Waals surface area contributed by atoms with Crippen molar-refractivity contribution < 1.29 is 9.90 Å². The number of aliphatic carboxylic acids is 1. The third kappa shape index (κ3) is 1.99. The average Bonchev–Trinajstić information content (AvgIpc) is 2.87. The normalized spacial score (nSPS) is 40.0. The third-order valence-corrected chi connectivity index (χ3v) is 5.26. The molecule has 0 radical (unpaired) electrons. The molecule has 0 aromatic carbocycles. The zero-order valence-corrected chi connectivity index (χ0v) is 11.0. The van der Waals surface area contributed by atoms with Crippen molar-refractivity contribution in [2.45, 2.75) is 38.5 Å². The summed E-state index contributed by atoms with van der Waals surface area (Å²) in [5, 5.41) is 9.56. The van der Waals surface area contributed by atoms with E-state index in [-0.39, 0.29) is 0 Å². The highest BCUT2D eigenvalue weighted by molar-refractivity contribution is 5.76. The highest BCUT2D eigenvalue weighted by Gasteiger charge is 2.54. The Morgan fingerprint density at radius 2 is 2.28 bits per heavy atom. The van der Waals surface area contributed by atoms with Gasteiger partial charge in [-0.3, -0.25) is 4.79 Å². The molecule has 1 aliphatic heterocycles. The van der Waals surface area contributed by atoms with Crippen molar-refractivity contribution in [1.29, 1.82) is 0 Å². The molecule has 2 aliphatic carbocycles. The lowest BCUT2D eigenvalue weighted by molar-refractivity contribution is -0.149. The first-order valence-electron chi connectivity index (χ1n) is 7.31. The number of carboxylic acid groups (broad SMARTS) is 1. The molecule has 0 amide bonds. The van der Waals surface area contributed by atoms with Crippen LogP contribution in [0.1, 0.15) is 38.5 Å². The van der Waals surface area contributed by atoms with Gasteiger partial charge in [-0.15, -0.1) is 0 Å². The number of nitrogens with zero attached hydrogens (tertiary/aromatic N) is 1. The molecule has 3 rings (SSSR count). The molecule has 3 nitrogen and oxygen atoms in total. The minimum atomic E-state index is -0.545. The average molecular weight is 249 g/mol. The number of allylic oxidation sites excluding steroid dienone is 2. The van der Waals surface area contributed by atoms with Crippen LogP contribution in [-0.4, -0.2) is 35.6 Å². The van der Waals surface area contributed by atoms with E-state index in [1.165, 1.54) is 19.3 Å². The number of likely N-dealkylation sites (tertiary alicyclic amines) is 1. The molecule has 1 unspecified atom stereocenters. The van der Waals surface area contributed by atoms with Crippen molar-refractivity contribution in [3.63, 3.8) is 0 Å². The summed E-state index contributed by atoms with van der Waals surface area (Å²) in [6.07, 6.45) is 11.3. The van der Waals surface area contributed by atoms with E-state index in [9.17, 15) is 9.90 Å². The lowest BCUT2D eigenvalue weighted by Gasteiger charge is -2.26. The SMILES string of the molecule is O=C(O)[C@@]12CCC[C@H]1CN(CC1CC=CCC1)C2. The van der Waals surface area contributed by atoms with Crippen molar-refractivity contribution in [2.24, 2.45) is 17.3 Å². The van der Waals surface area contributed by atoms with E-state index in [1.54, 1.807) is 0 Å². The maximum Gasteiger partial charge on any atom is 0.311 e. The van der Waals surface area contributed by atoms with Gasteiger partial charge in [0.1, 0.15) is 0 Å². The predicted octanol–water partition coefficient (Wildman–Crippen LogP) is 2.53. The Morgan fingerprint density at radius 1 is 1.39 bits per heavy atom. The number of carboxylic acids is 1. The van der Waals surface area contributed by atoms with Gasteiger partial charge in [-0.25, -0.2) is 0 Å².